The van der Waals surface area contributed by atoms with Gasteiger partial charge in [0.05, 0.1) is 45.0 Å². The van der Waals surface area contributed by atoms with Gasteiger partial charge in [-0.3, -0.25) is 9.97 Å². The average Bonchev–Trinajstić information content (AvgIpc) is 3.13. The van der Waals surface area contributed by atoms with E-state index in [1.807, 2.05) is 36.4 Å². The summed E-state index contributed by atoms with van der Waals surface area (Å²) >= 11 is 0. The van der Waals surface area contributed by atoms with Crippen molar-refractivity contribution in [1.82, 2.24) is 9.97 Å². The zero-order valence-electron chi connectivity index (χ0n) is 26.7. The van der Waals surface area contributed by atoms with E-state index in [0.717, 1.165) is 35.7 Å². The van der Waals surface area contributed by atoms with Crippen molar-refractivity contribution in [2.24, 2.45) is 0 Å². The lowest BCUT2D eigenvalue weighted by Gasteiger charge is -2.12. The summed E-state index contributed by atoms with van der Waals surface area (Å²) in [7, 11) is 0. The average molecular weight is 719 g/mol. The number of anilines is 4. The molecule has 0 amide bonds. The van der Waals surface area contributed by atoms with Crippen LogP contribution in [0, 0.1) is 0 Å². The molecule has 0 unspecified atom stereocenters. The van der Waals surface area contributed by atoms with Crippen LogP contribution in [0.4, 0.5) is 49.1 Å². The van der Waals surface area contributed by atoms with Crippen molar-refractivity contribution in [3.63, 3.8) is 0 Å². The largest absolute Gasteiger partial charge is 0.478 e. The highest BCUT2D eigenvalue weighted by Crippen LogP contribution is 2.33. The number of carboxylic acid groups (broad SMARTS) is 2. The number of aromatic nitrogens is 2. The third-order valence-corrected chi connectivity index (χ3v) is 6.84. The van der Waals surface area contributed by atoms with E-state index in [2.05, 4.69) is 20.6 Å². The van der Waals surface area contributed by atoms with E-state index in [-0.39, 0.29) is 33.9 Å². The first-order valence-corrected chi connectivity index (χ1v) is 15.1. The molecule has 0 fully saturated rings. The molecule has 0 radical (unpaired) electrons. The zero-order chi connectivity index (χ0) is 37.7. The van der Waals surface area contributed by atoms with Crippen molar-refractivity contribution in [2.75, 3.05) is 10.6 Å². The molecule has 0 spiro atoms. The smallest absolute Gasteiger partial charge is 0.416 e. The third-order valence-electron chi connectivity index (χ3n) is 6.84. The predicted molar refractivity (Wildman–Crippen MR) is 184 cm³/mol. The van der Waals surface area contributed by atoms with E-state index >= 15 is 0 Å². The van der Waals surface area contributed by atoms with Gasteiger partial charge >= 0.3 is 24.3 Å². The molecule has 2 aromatic heterocycles. The molecular weight excluding hydrogens is 690 g/mol. The van der Waals surface area contributed by atoms with E-state index in [0.29, 0.717) is 0 Å². The minimum absolute atomic E-state index is 0.00934. The van der Waals surface area contributed by atoms with Gasteiger partial charge in [-0.25, -0.2) is 9.59 Å². The number of carboxylic acids is 2. The first kappa shape index (κ1) is 38.1. The van der Waals surface area contributed by atoms with Gasteiger partial charge in [-0.1, -0.05) is 48.5 Å². The molecule has 266 valence electrons. The van der Waals surface area contributed by atoms with E-state index < -0.39 is 35.4 Å². The van der Waals surface area contributed by atoms with Gasteiger partial charge in [-0.2, -0.15) is 26.3 Å². The number of hydrogen-bond acceptors (Lipinski definition) is 6. The lowest BCUT2D eigenvalue weighted by molar-refractivity contribution is -0.138. The minimum atomic E-state index is -4.44. The molecule has 6 aromatic rings. The highest BCUT2D eigenvalue weighted by molar-refractivity contribution is 5.95. The maximum Gasteiger partial charge on any atom is 0.416 e. The molecule has 0 saturated heterocycles. The Kier molecular flexibility index (Phi) is 12.7. The number of nitrogens with one attached hydrogen (secondary N) is 2. The molecule has 2 heterocycles. The van der Waals surface area contributed by atoms with Gasteiger partial charge in [-0.05, 0) is 84.9 Å². The molecule has 52 heavy (non-hydrogen) atoms. The Morgan fingerprint density at radius 3 is 1.17 bits per heavy atom. The Morgan fingerprint density at radius 2 is 0.846 bits per heavy atom. The van der Waals surface area contributed by atoms with Crippen LogP contribution in [0.5, 0.6) is 0 Å². The molecule has 0 aliphatic heterocycles. The molecule has 0 atom stereocenters. The predicted octanol–water partition coefficient (Wildman–Crippen LogP) is 10.4. The highest BCUT2D eigenvalue weighted by atomic mass is 19.4. The number of alkyl halides is 6. The Balaban J connectivity index is 0.000000180. The SMILES string of the molecule is O=C(O)c1ccccc1Nc1cccc(C(F)(F)F)c1.O=C(O)c1ccccc1Nc1cccc(C(F)(F)F)c1.c1ccc(-c2ccccn2)nc1. The number of halogens is 6. The number of hydrogen-bond donors (Lipinski definition) is 4. The van der Waals surface area contributed by atoms with Gasteiger partial charge in [0.15, 0.2) is 0 Å². The van der Waals surface area contributed by atoms with Crippen molar-refractivity contribution >= 4 is 34.7 Å². The Morgan fingerprint density at radius 1 is 0.481 bits per heavy atom. The maximum absolute atomic E-state index is 12.6. The molecule has 4 N–H and O–H groups in total. The summed E-state index contributed by atoms with van der Waals surface area (Å²) in [6.07, 6.45) is -5.35. The van der Waals surface area contributed by atoms with E-state index in [9.17, 15) is 35.9 Å². The van der Waals surface area contributed by atoms with E-state index in [4.69, 9.17) is 10.2 Å². The fraction of sp³-hybridized carbons (Fsp3) is 0.0526. The number of nitrogens with zero attached hydrogens (tertiary/aromatic N) is 2. The molecule has 0 saturated carbocycles. The number of benzene rings is 4. The zero-order valence-corrected chi connectivity index (χ0v) is 26.7. The number of rotatable bonds is 7. The normalized spacial score (nSPS) is 10.8. The van der Waals surface area contributed by atoms with Crippen LogP contribution in [0.2, 0.25) is 0 Å². The number of carbonyl (C=O) groups is 2. The van der Waals surface area contributed by atoms with Crippen molar-refractivity contribution in [3.05, 3.63) is 168 Å². The molecule has 14 heteroatoms. The van der Waals surface area contributed by atoms with Crippen molar-refractivity contribution in [3.8, 4) is 11.4 Å². The fourth-order valence-corrected chi connectivity index (χ4v) is 4.44. The third kappa shape index (κ3) is 11.2. The Labute approximate surface area is 293 Å². The second kappa shape index (κ2) is 17.3. The van der Waals surface area contributed by atoms with Crippen molar-refractivity contribution < 1.29 is 46.1 Å². The molecule has 6 rings (SSSR count). The van der Waals surface area contributed by atoms with Crippen LogP contribution < -0.4 is 10.6 Å². The summed E-state index contributed by atoms with van der Waals surface area (Å²) < 4.78 is 75.6. The topological polar surface area (TPSA) is 124 Å². The van der Waals surface area contributed by atoms with Crippen LogP contribution in [0.15, 0.2) is 146 Å². The summed E-state index contributed by atoms with van der Waals surface area (Å²) in [6, 6.07) is 32.8. The van der Waals surface area contributed by atoms with Crippen LogP contribution in [0.1, 0.15) is 31.8 Å². The van der Waals surface area contributed by atoms with Gasteiger partial charge in [-0.15, -0.1) is 0 Å². The van der Waals surface area contributed by atoms with Crippen LogP contribution in [0.25, 0.3) is 11.4 Å². The lowest BCUT2D eigenvalue weighted by atomic mass is 10.1. The molecule has 0 aliphatic rings. The second-order valence-corrected chi connectivity index (χ2v) is 10.5. The Bertz CT molecular complexity index is 1940. The molecule has 0 aliphatic carbocycles. The molecular formula is C38H28F6N4O4. The molecule has 8 nitrogen and oxygen atoms in total. The van der Waals surface area contributed by atoms with Crippen molar-refractivity contribution in [1.29, 1.82) is 0 Å². The van der Waals surface area contributed by atoms with Crippen LogP contribution in [-0.4, -0.2) is 32.1 Å². The first-order valence-electron chi connectivity index (χ1n) is 15.1. The minimum Gasteiger partial charge on any atom is -0.478 e. The number of para-hydroxylation sites is 2. The van der Waals surface area contributed by atoms with Gasteiger partial charge in [0.2, 0.25) is 0 Å². The monoisotopic (exact) mass is 718 g/mol. The standard InChI is InChI=1S/2C14H10F3NO2.C10H8N2/c2*15-14(16,17)9-4-3-5-10(8-9)18-12-7-2-1-6-11(12)13(19)20;1-3-7-11-9(5-1)10-6-2-4-8-12-10/h2*1-8,18H,(H,19,20);1-8H. The molecule has 4 aromatic carbocycles. The number of aromatic carboxylic acids is 2. The molecule has 0 bridgehead atoms. The van der Waals surface area contributed by atoms with Gasteiger partial charge in [0, 0.05) is 23.8 Å². The van der Waals surface area contributed by atoms with Crippen LogP contribution in [-0.2, 0) is 12.4 Å². The van der Waals surface area contributed by atoms with Gasteiger partial charge in [0.1, 0.15) is 0 Å². The van der Waals surface area contributed by atoms with Crippen LogP contribution >= 0.6 is 0 Å². The second-order valence-electron chi connectivity index (χ2n) is 10.5. The number of pyridine rings is 2. The fourth-order valence-electron chi connectivity index (χ4n) is 4.44. The van der Waals surface area contributed by atoms with Crippen LogP contribution in [0.3, 0.4) is 0 Å². The summed E-state index contributed by atoms with van der Waals surface area (Å²) in [6.45, 7) is 0. The Hall–Kier alpha value is -6.70. The van der Waals surface area contributed by atoms with E-state index in [1.165, 1.54) is 48.5 Å². The lowest BCUT2D eigenvalue weighted by Crippen LogP contribution is -2.06. The van der Waals surface area contributed by atoms with Gasteiger partial charge in [0.25, 0.3) is 0 Å². The summed E-state index contributed by atoms with van der Waals surface area (Å²) in [5.41, 5.74) is 1.04. The summed E-state index contributed by atoms with van der Waals surface area (Å²) in [5, 5.41) is 23.4. The summed E-state index contributed by atoms with van der Waals surface area (Å²) in [4.78, 5) is 30.4. The van der Waals surface area contributed by atoms with Crippen molar-refractivity contribution in [2.45, 2.75) is 12.4 Å². The summed E-state index contributed by atoms with van der Waals surface area (Å²) in [5.74, 6) is -2.31. The van der Waals surface area contributed by atoms with E-state index in [1.54, 1.807) is 36.7 Å². The quantitative estimate of drug-likeness (QED) is 0.120. The maximum atomic E-state index is 12.6. The van der Waals surface area contributed by atoms with Gasteiger partial charge < -0.3 is 20.8 Å². The first-order chi connectivity index (χ1) is 24.7. The highest BCUT2D eigenvalue weighted by Gasteiger charge is 2.31.